The predicted molar refractivity (Wildman–Crippen MR) is 68.3 cm³/mol. The highest BCUT2D eigenvalue weighted by atomic mass is 32.2. The Morgan fingerprint density at radius 2 is 1.88 bits per heavy atom. The highest BCUT2D eigenvalue weighted by Gasteiger charge is 2.11. The smallest absolute Gasteiger partial charge is 0.157 e. The highest BCUT2D eigenvalue weighted by Crippen LogP contribution is 2.13. The van der Waals surface area contributed by atoms with Gasteiger partial charge in [0, 0.05) is 11.9 Å². The van der Waals surface area contributed by atoms with E-state index in [0.29, 0.717) is 5.69 Å². The monoisotopic (exact) mass is 250 g/mol. The van der Waals surface area contributed by atoms with Crippen LogP contribution in [0.25, 0.3) is 10.9 Å². The molecule has 0 unspecified atom stereocenters. The third kappa shape index (κ3) is 3.01. The normalized spacial score (nSPS) is 11.8. The van der Waals surface area contributed by atoms with Gasteiger partial charge in [0.05, 0.1) is 22.7 Å². The molecular weight excluding hydrogens is 236 g/mol. The van der Waals surface area contributed by atoms with Crippen LogP contribution >= 0.6 is 0 Å². The number of hydrogen-bond donors (Lipinski definition) is 1. The number of nitrogens with two attached hydrogens (primary N) is 1. The molecule has 5 heteroatoms. The molecule has 0 bridgehead atoms. The van der Waals surface area contributed by atoms with E-state index in [2.05, 4.69) is 4.98 Å². The van der Waals surface area contributed by atoms with E-state index in [0.717, 1.165) is 10.9 Å². The molecule has 1 heterocycles. The minimum atomic E-state index is -3.14. The van der Waals surface area contributed by atoms with Crippen molar-refractivity contribution in [3.63, 3.8) is 0 Å². The zero-order valence-electron chi connectivity index (χ0n) is 9.33. The predicted octanol–water partition coefficient (Wildman–Crippen LogP) is 1.11. The Labute approximate surface area is 100 Å². The first-order chi connectivity index (χ1) is 8.11. The molecule has 90 valence electrons. The van der Waals surface area contributed by atoms with Crippen LogP contribution in [0.5, 0.6) is 0 Å². The number of para-hydroxylation sites is 1. The minimum absolute atomic E-state index is 0.00149. The maximum Gasteiger partial charge on any atom is 0.157 e. The van der Waals surface area contributed by atoms with Crippen molar-refractivity contribution in [2.75, 3.05) is 12.3 Å². The van der Waals surface area contributed by atoms with E-state index in [4.69, 9.17) is 5.73 Å². The van der Waals surface area contributed by atoms with Crippen molar-refractivity contribution in [2.45, 2.75) is 5.75 Å². The van der Waals surface area contributed by atoms with Gasteiger partial charge >= 0.3 is 0 Å². The Morgan fingerprint density at radius 3 is 2.65 bits per heavy atom. The summed E-state index contributed by atoms with van der Waals surface area (Å²) in [5.74, 6) is -0.0451. The van der Waals surface area contributed by atoms with Crippen molar-refractivity contribution >= 4 is 20.7 Å². The first-order valence-corrected chi connectivity index (χ1v) is 7.18. The summed E-state index contributed by atoms with van der Waals surface area (Å²) in [4.78, 5) is 4.32. The number of fused-ring (bicyclic) bond motifs is 1. The third-order valence-electron chi connectivity index (χ3n) is 2.45. The van der Waals surface area contributed by atoms with Gasteiger partial charge in [-0.15, -0.1) is 0 Å². The van der Waals surface area contributed by atoms with Gasteiger partial charge in [-0.25, -0.2) is 8.42 Å². The number of aromatic nitrogens is 1. The second-order valence-corrected chi connectivity index (χ2v) is 6.06. The van der Waals surface area contributed by atoms with Crippen molar-refractivity contribution in [2.24, 2.45) is 5.73 Å². The Balaban J connectivity index is 2.31. The Bertz CT molecular complexity index is 623. The van der Waals surface area contributed by atoms with Crippen LogP contribution < -0.4 is 5.73 Å². The topological polar surface area (TPSA) is 73.1 Å². The average Bonchev–Trinajstić information content (AvgIpc) is 2.28. The zero-order valence-corrected chi connectivity index (χ0v) is 10.2. The van der Waals surface area contributed by atoms with Crippen LogP contribution in [0.2, 0.25) is 0 Å². The molecule has 0 aliphatic carbocycles. The second kappa shape index (κ2) is 4.81. The van der Waals surface area contributed by atoms with Gasteiger partial charge in [-0.05, 0) is 12.1 Å². The zero-order chi connectivity index (χ0) is 12.3. The lowest BCUT2D eigenvalue weighted by Gasteiger charge is -2.03. The molecule has 4 nitrogen and oxygen atoms in total. The van der Waals surface area contributed by atoms with Gasteiger partial charge in [0.2, 0.25) is 0 Å². The van der Waals surface area contributed by atoms with Crippen molar-refractivity contribution in [3.05, 3.63) is 42.1 Å². The fourth-order valence-electron chi connectivity index (χ4n) is 1.67. The maximum atomic E-state index is 11.6. The van der Waals surface area contributed by atoms with Crippen LogP contribution in [0.1, 0.15) is 5.69 Å². The molecule has 0 saturated heterocycles. The molecule has 0 radical (unpaired) electrons. The molecule has 0 saturated carbocycles. The highest BCUT2D eigenvalue weighted by molar-refractivity contribution is 7.90. The molecule has 0 amide bonds. The molecule has 2 N–H and O–H groups in total. The molecule has 0 aliphatic heterocycles. The van der Waals surface area contributed by atoms with Crippen molar-refractivity contribution in [1.29, 1.82) is 0 Å². The standard InChI is InChI=1S/C12H14N2O2S/c13-7-8-17(15,16)9-11-6-5-10-3-1-2-4-12(10)14-11/h1-6H,7-9,13H2. The Kier molecular flexibility index (Phi) is 3.40. The lowest BCUT2D eigenvalue weighted by Crippen LogP contribution is -2.17. The number of nitrogens with zero attached hydrogens (tertiary/aromatic N) is 1. The van der Waals surface area contributed by atoms with Crippen LogP contribution in [-0.2, 0) is 15.6 Å². The van der Waals surface area contributed by atoms with Gasteiger partial charge in [-0.3, -0.25) is 4.98 Å². The molecule has 0 aliphatic rings. The summed E-state index contributed by atoms with van der Waals surface area (Å²) in [6, 6.07) is 11.3. The maximum absolute atomic E-state index is 11.6. The average molecular weight is 250 g/mol. The molecule has 1 aromatic heterocycles. The number of sulfone groups is 1. The Hall–Kier alpha value is -1.46. The molecule has 0 fully saturated rings. The van der Waals surface area contributed by atoms with Gasteiger partial charge in [-0.1, -0.05) is 24.3 Å². The minimum Gasteiger partial charge on any atom is -0.329 e. The lowest BCUT2D eigenvalue weighted by molar-refractivity contribution is 0.594. The van der Waals surface area contributed by atoms with Crippen molar-refractivity contribution in [3.8, 4) is 0 Å². The summed E-state index contributed by atoms with van der Waals surface area (Å²) in [6.07, 6.45) is 0. The van der Waals surface area contributed by atoms with E-state index in [-0.39, 0.29) is 18.1 Å². The second-order valence-electron chi connectivity index (χ2n) is 3.88. The lowest BCUT2D eigenvalue weighted by atomic mass is 10.2. The van der Waals surface area contributed by atoms with Crippen LogP contribution in [0.4, 0.5) is 0 Å². The van der Waals surface area contributed by atoms with E-state index < -0.39 is 9.84 Å². The van der Waals surface area contributed by atoms with Crippen LogP contribution in [0, 0.1) is 0 Å². The molecule has 17 heavy (non-hydrogen) atoms. The fourth-order valence-corrected chi connectivity index (χ4v) is 2.78. The van der Waals surface area contributed by atoms with E-state index in [1.807, 2.05) is 30.3 Å². The third-order valence-corrected chi connectivity index (χ3v) is 4.05. The van der Waals surface area contributed by atoms with E-state index in [1.54, 1.807) is 6.07 Å². The first-order valence-electron chi connectivity index (χ1n) is 5.36. The molecule has 1 aromatic carbocycles. The van der Waals surface area contributed by atoms with Crippen LogP contribution in [0.15, 0.2) is 36.4 Å². The SMILES string of the molecule is NCCS(=O)(=O)Cc1ccc2ccccc2n1. The summed E-state index contributed by atoms with van der Waals surface area (Å²) in [6.45, 7) is 0.149. The summed E-state index contributed by atoms with van der Waals surface area (Å²) < 4.78 is 23.2. The largest absolute Gasteiger partial charge is 0.329 e. The van der Waals surface area contributed by atoms with Gasteiger partial charge in [-0.2, -0.15) is 0 Å². The summed E-state index contributed by atoms with van der Waals surface area (Å²) in [7, 11) is -3.14. The molecule has 2 rings (SSSR count). The fraction of sp³-hybridized carbons (Fsp3) is 0.250. The molecule has 2 aromatic rings. The van der Waals surface area contributed by atoms with Gasteiger partial charge in [0.25, 0.3) is 0 Å². The van der Waals surface area contributed by atoms with E-state index in [9.17, 15) is 8.42 Å². The summed E-state index contributed by atoms with van der Waals surface area (Å²) >= 11 is 0. The van der Waals surface area contributed by atoms with Gasteiger partial charge < -0.3 is 5.73 Å². The van der Waals surface area contributed by atoms with Crippen LogP contribution in [0.3, 0.4) is 0 Å². The first kappa shape index (κ1) is 12.0. The summed E-state index contributed by atoms with van der Waals surface area (Å²) in [5, 5.41) is 1.01. The van der Waals surface area contributed by atoms with Crippen molar-refractivity contribution in [1.82, 2.24) is 4.98 Å². The van der Waals surface area contributed by atoms with Crippen LogP contribution in [-0.4, -0.2) is 25.7 Å². The number of pyridine rings is 1. The quantitative estimate of drug-likeness (QED) is 0.882. The van der Waals surface area contributed by atoms with E-state index >= 15 is 0 Å². The van der Waals surface area contributed by atoms with Crippen molar-refractivity contribution < 1.29 is 8.42 Å². The number of hydrogen-bond acceptors (Lipinski definition) is 4. The molecule has 0 atom stereocenters. The molecular formula is C12H14N2O2S. The summed E-state index contributed by atoms with van der Waals surface area (Å²) in [5.41, 5.74) is 6.64. The number of rotatable bonds is 4. The van der Waals surface area contributed by atoms with Gasteiger partial charge in [0.15, 0.2) is 9.84 Å². The number of benzene rings is 1. The van der Waals surface area contributed by atoms with E-state index in [1.165, 1.54) is 0 Å². The van der Waals surface area contributed by atoms with Gasteiger partial charge in [0.1, 0.15) is 0 Å². The molecule has 0 spiro atoms. The Morgan fingerprint density at radius 1 is 1.12 bits per heavy atom.